The summed E-state index contributed by atoms with van der Waals surface area (Å²) >= 11 is 1.76. The number of hydrogen-bond acceptors (Lipinski definition) is 5. The molecule has 0 spiro atoms. The molecule has 0 aromatic carbocycles. The van der Waals surface area contributed by atoms with Gasteiger partial charge in [-0.15, -0.1) is 0 Å². The van der Waals surface area contributed by atoms with Crippen LogP contribution < -0.4 is 22.3 Å². The van der Waals surface area contributed by atoms with Crippen molar-refractivity contribution in [1.82, 2.24) is 9.13 Å². The molecule has 0 amide bonds. The van der Waals surface area contributed by atoms with E-state index in [-0.39, 0.29) is 17.1 Å². The third-order valence-corrected chi connectivity index (χ3v) is 4.30. The van der Waals surface area contributed by atoms with Crippen molar-refractivity contribution < 1.29 is 0 Å². The predicted molar refractivity (Wildman–Crippen MR) is 91.3 cm³/mol. The minimum Gasteiger partial charge on any atom is -0.383 e. The first-order valence-electron chi connectivity index (χ1n) is 7.26. The summed E-state index contributed by atoms with van der Waals surface area (Å²) in [4.78, 5) is 24.3. The number of anilines is 2. The Kier molecular flexibility index (Phi) is 6.87. The maximum absolute atomic E-state index is 12.2. The summed E-state index contributed by atoms with van der Waals surface area (Å²) in [7, 11) is 1.49. The average molecular weight is 314 g/mol. The Bertz CT molecular complexity index is 580. The number of nitrogen functional groups attached to an aromatic ring is 1. The Morgan fingerprint density at radius 1 is 1.38 bits per heavy atom. The lowest BCUT2D eigenvalue weighted by Gasteiger charge is -2.17. The summed E-state index contributed by atoms with van der Waals surface area (Å²) in [6.07, 6.45) is 3.86. The van der Waals surface area contributed by atoms with Gasteiger partial charge in [0.2, 0.25) is 0 Å². The fraction of sp³-hybridized carbons (Fsp3) is 0.714. The molecule has 0 aliphatic rings. The first-order chi connectivity index (χ1) is 9.93. The number of thioether (sulfide) groups is 1. The SMILES string of the molecule is CCCCn1c(N)c(NCC(C)CSC)c(=O)n(C)c1=O. The second-order valence-electron chi connectivity index (χ2n) is 5.35. The molecule has 1 aromatic heterocycles. The molecule has 1 heterocycles. The van der Waals surface area contributed by atoms with Crippen molar-refractivity contribution >= 4 is 23.3 Å². The molecule has 1 rings (SSSR count). The quantitative estimate of drug-likeness (QED) is 0.757. The number of nitrogens with zero attached hydrogens (tertiary/aromatic N) is 2. The van der Waals surface area contributed by atoms with E-state index in [0.29, 0.717) is 24.7 Å². The van der Waals surface area contributed by atoms with Crippen LogP contribution in [0.2, 0.25) is 0 Å². The molecule has 0 fully saturated rings. The van der Waals surface area contributed by atoms with E-state index in [4.69, 9.17) is 5.73 Å². The van der Waals surface area contributed by atoms with E-state index in [1.165, 1.54) is 11.6 Å². The van der Waals surface area contributed by atoms with Gasteiger partial charge in [-0.05, 0) is 24.3 Å². The van der Waals surface area contributed by atoms with Crippen LogP contribution in [0.15, 0.2) is 9.59 Å². The Morgan fingerprint density at radius 3 is 2.62 bits per heavy atom. The standard InChI is InChI=1S/C14H26N4O2S/c1-5-6-7-18-12(15)11(13(19)17(3)14(18)20)16-8-10(2)9-21-4/h10,16H,5-9,15H2,1-4H3. The van der Waals surface area contributed by atoms with Crippen molar-refractivity contribution in [3.05, 3.63) is 20.8 Å². The molecule has 1 unspecified atom stereocenters. The van der Waals surface area contributed by atoms with Crippen molar-refractivity contribution in [1.29, 1.82) is 0 Å². The lowest BCUT2D eigenvalue weighted by molar-refractivity contribution is 0.574. The summed E-state index contributed by atoms with van der Waals surface area (Å²) < 4.78 is 2.60. The number of nitrogens with one attached hydrogen (secondary N) is 1. The highest BCUT2D eigenvalue weighted by molar-refractivity contribution is 7.98. The molecule has 1 aromatic rings. The first kappa shape index (κ1) is 17.7. The van der Waals surface area contributed by atoms with Gasteiger partial charge in [-0.25, -0.2) is 4.79 Å². The Balaban J connectivity index is 3.11. The summed E-state index contributed by atoms with van der Waals surface area (Å²) in [5, 5.41) is 3.12. The molecule has 3 N–H and O–H groups in total. The smallest absolute Gasteiger partial charge is 0.332 e. The highest BCUT2D eigenvalue weighted by Crippen LogP contribution is 2.13. The number of rotatable bonds is 8. The van der Waals surface area contributed by atoms with Gasteiger partial charge in [-0.1, -0.05) is 20.3 Å². The van der Waals surface area contributed by atoms with Gasteiger partial charge in [0.05, 0.1) is 0 Å². The number of nitrogens with two attached hydrogens (primary N) is 1. The number of hydrogen-bond donors (Lipinski definition) is 2. The van der Waals surface area contributed by atoms with Crippen LogP contribution in [-0.4, -0.2) is 27.7 Å². The first-order valence-corrected chi connectivity index (χ1v) is 8.65. The Hall–Kier alpha value is -1.37. The van der Waals surface area contributed by atoms with Crippen molar-refractivity contribution in [3.8, 4) is 0 Å². The summed E-state index contributed by atoms with van der Waals surface area (Å²) in [6.45, 7) is 5.35. The molecule has 0 aliphatic carbocycles. The molecule has 0 bridgehead atoms. The van der Waals surface area contributed by atoms with Gasteiger partial charge in [-0.3, -0.25) is 13.9 Å². The van der Waals surface area contributed by atoms with Gasteiger partial charge in [0.15, 0.2) is 0 Å². The molecule has 0 saturated carbocycles. The molecular weight excluding hydrogens is 288 g/mol. The van der Waals surface area contributed by atoms with Crippen LogP contribution in [0.1, 0.15) is 26.7 Å². The zero-order valence-corrected chi connectivity index (χ0v) is 14.1. The van der Waals surface area contributed by atoms with Gasteiger partial charge in [-0.2, -0.15) is 11.8 Å². The van der Waals surface area contributed by atoms with E-state index in [2.05, 4.69) is 18.5 Å². The van der Waals surface area contributed by atoms with Crippen LogP contribution in [0, 0.1) is 5.92 Å². The highest BCUT2D eigenvalue weighted by atomic mass is 32.2. The number of aromatic nitrogens is 2. The zero-order valence-electron chi connectivity index (χ0n) is 13.3. The normalized spacial score (nSPS) is 12.4. The van der Waals surface area contributed by atoms with Crippen molar-refractivity contribution in [2.24, 2.45) is 13.0 Å². The van der Waals surface area contributed by atoms with Crippen LogP contribution in [0.25, 0.3) is 0 Å². The fourth-order valence-electron chi connectivity index (χ4n) is 2.10. The topological polar surface area (TPSA) is 82.0 Å². The minimum absolute atomic E-state index is 0.243. The van der Waals surface area contributed by atoms with Gasteiger partial charge < -0.3 is 11.1 Å². The van der Waals surface area contributed by atoms with E-state index in [9.17, 15) is 9.59 Å². The van der Waals surface area contributed by atoms with E-state index < -0.39 is 0 Å². The van der Waals surface area contributed by atoms with Crippen LogP contribution in [0.4, 0.5) is 11.5 Å². The minimum atomic E-state index is -0.360. The summed E-state index contributed by atoms with van der Waals surface area (Å²) in [5.74, 6) is 1.66. The van der Waals surface area contributed by atoms with Crippen LogP contribution in [0.5, 0.6) is 0 Å². The van der Waals surface area contributed by atoms with E-state index in [1.807, 2.05) is 6.92 Å². The summed E-state index contributed by atoms with van der Waals surface area (Å²) in [6, 6.07) is 0. The Morgan fingerprint density at radius 2 is 2.05 bits per heavy atom. The molecule has 120 valence electrons. The second-order valence-corrected chi connectivity index (χ2v) is 6.26. The van der Waals surface area contributed by atoms with E-state index in [1.54, 1.807) is 11.8 Å². The lowest BCUT2D eigenvalue weighted by atomic mass is 10.2. The molecule has 7 heteroatoms. The van der Waals surface area contributed by atoms with Gasteiger partial charge in [0.1, 0.15) is 11.5 Å². The number of unbranched alkanes of at least 4 members (excludes halogenated alkanes) is 1. The third-order valence-electron chi connectivity index (χ3n) is 3.40. The fourth-order valence-corrected chi connectivity index (χ4v) is 2.79. The van der Waals surface area contributed by atoms with Gasteiger partial charge in [0.25, 0.3) is 5.56 Å². The monoisotopic (exact) mass is 314 g/mol. The largest absolute Gasteiger partial charge is 0.383 e. The third kappa shape index (κ3) is 4.30. The van der Waals surface area contributed by atoms with Crippen LogP contribution >= 0.6 is 11.8 Å². The molecule has 21 heavy (non-hydrogen) atoms. The van der Waals surface area contributed by atoms with Crippen LogP contribution in [0.3, 0.4) is 0 Å². The zero-order chi connectivity index (χ0) is 16.0. The van der Waals surface area contributed by atoms with Gasteiger partial charge >= 0.3 is 5.69 Å². The van der Waals surface area contributed by atoms with Crippen molar-refractivity contribution in [3.63, 3.8) is 0 Å². The van der Waals surface area contributed by atoms with Crippen LogP contribution in [-0.2, 0) is 13.6 Å². The molecule has 0 saturated heterocycles. The van der Waals surface area contributed by atoms with Crippen molar-refractivity contribution in [2.45, 2.75) is 33.2 Å². The maximum Gasteiger partial charge on any atom is 0.332 e. The molecule has 1 atom stereocenters. The highest BCUT2D eigenvalue weighted by Gasteiger charge is 2.15. The molecular formula is C14H26N4O2S. The summed E-state index contributed by atoms with van der Waals surface area (Å²) in [5.41, 5.74) is 5.66. The van der Waals surface area contributed by atoms with E-state index >= 15 is 0 Å². The maximum atomic E-state index is 12.2. The lowest BCUT2D eigenvalue weighted by Crippen LogP contribution is -2.41. The van der Waals surface area contributed by atoms with Crippen molar-refractivity contribution in [2.75, 3.05) is 29.6 Å². The molecule has 0 aliphatic heterocycles. The van der Waals surface area contributed by atoms with E-state index in [0.717, 1.165) is 23.2 Å². The average Bonchev–Trinajstić information content (AvgIpc) is 2.45. The van der Waals surface area contributed by atoms with Gasteiger partial charge in [0, 0.05) is 20.1 Å². The Labute approximate surface area is 129 Å². The molecule has 6 nitrogen and oxygen atoms in total. The predicted octanol–water partition coefficient (Wildman–Crippen LogP) is 1.34. The second kappa shape index (κ2) is 8.17. The molecule has 0 radical (unpaired) electrons.